The number of ether oxygens (including phenoxy) is 1. The third-order valence-electron chi connectivity index (χ3n) is 2.89. The molecule has 1 rings (SSSR count). The van der Waals surface area contributed by atoms with Gasteiger partial charge in [0, 0.05) is 12.5 Å². The van der Waals surface area contributed by atoms with E-state index in [9.17, 15) is 9.59 Å². The molecular weight excluding hydrogens is 194 g/mol. The lowest BCUT2D eigenvalue weighted by atomic mass is 10.0. The molecule has 1 aliphatic heterocycles. The highest BCUT2D eigenvalue weighted by Gasteiger charge is 2.37. The molecule has 0 radical (unpaired) electrons. The zero-order chi connectivity index (χ0) is 11.4. The van der Waals surface area contributed by atoms with Gasteiger partial charge in [-0.2, -0.15) is 0 Å². The maximum atomic E-state index is 11.5. The summed E-state index contributed by atoms with van der Waals surface area (Å²) in [6.45, 7) is 6.59. The normalized spacial score (nSPS) is 23.1. The Balaban J connectivity index is 2.62. The molecule has 86 valence electrons. The Hall–Kier alpha value is -1.06. The fourth-order valence-corrected chi connectivity index (χ4v) is 1.92. The second-order valence-electron chi connectivity index (χ2n) is 4.39. The van der Waals surface area contributed by atoms with Gasteiger partial charge in [-0.05, 0) is 19.3 Å². The van der Waals surface area contributed by atoms with Gasteiger partial charge in [0.2, 0.25) is 0 Å². The van der Waals surface area contributed by atoms with Crippen molar-refractivity contribution in [3.8, 4) is 0 Å². The molecule has 1 aliphatic rings. The monoisotopic (exact) mass is 213 g/mol. The van der Waals surface area contributed by atoms with Gasteiger partial charge in [0.25, 0.3) is 0 Å². The number of rotatable bonds is 5. The topological polar surface area (TPSA) is 46.6 Å². The van der Waals surface area contributed by atoms with Crippen molar-refractivity contribution in [1.82, 2.24) is 4.90 Å². The Morgan fingerprint density at radius 2 is 2.20 bits per heavy atom. The van der Waals surface area contributed by atoms with E-state index >= 15 is 0 Å². The lowest BCUT2D eigenvalue weighted by molar-refractivity contribution is -0.108. The summed E-state index contributed by atoms with van der Waals surface area (Å²) >= 11 is 0. The lowest BCUT2D eigenvalue weighted by Crippen LogP contribution is -2.43. The minimum Gasteiger partial charge on any atom is -0.447 e. The molecule has 1 amide bonds. The summed E-state index contributed by atoms with van der Waals surface area (Å²) < 4.78 is 5.04. The van der Waals surface area contributed by atoms with Crippen molar-refractivity contribution in [2.45, 2.75) is 45.7 Å². The van der Waals surface area contributed by atoms with E-state index < -0.39 is 0 Å². The maximum Gasteiger partial charge on any atom is 0.410 e. The average molecular weight is 213 g/mol. The van der Waals surface area contributed by atoms with Crippen LogP contribution in [0.3, 0.4) is 0 Å². The Morgan fingerprint density at radius 1 is 1.53 bits per heavy atom. The fourth-order valence-electron chi connectivity index (χ4n) is 1.92. The zero-order valence-corrected chi connectivity index (χ0v) is 9.60. The van der Waals surface area contributed by atoms with Crippen LogP contribution in [0.2, 0.25) is 0 Å². The van der Waals surface area contributed by atoms with Crippen LogP contribution in [-0.2, 0) is 9.53 Å². The van der Waals surface area contributed by atoms with E-state index in [4.69, 9.17) is 4.74 Å². The Kier molecular flexibility index (Phi) is 4.12. The quantitative estimate of drug-likeness (QED) is 0.654. The smallest absolute Gasteiger partial charge is 0.410 e. The second-order valence-corrected chi connectivity index (χ2v) is 4.39. The molecule has 4 heteroatoms. The van der Waals surface area contributed by atoms with E-state index in [0.29, 0.717) is 25.4 Å². The van der Waals surface area contributed by atoms with Gasteiger partial charge in [0.1, 0.15) is 12.9 Å². The van der Waals surface area contributed by atoms with E-state index in [1.807, 2.05) is 6.92 Å². The first-order valence-electron chi connectivity index (χ1n) is 5.46. The van der Waals surface area contributed by atoms with Crippen LogP contribution >= 0.6 is 0 Å². The van der Waals surface area contributed by atoms with Crippen molar-refractivity contribution in [3.63, 3.8) is 0 Å². The van der Waals surface area contributed by atoms with E-state index in [1.165, 1.54) is 0 Å². The Morgan fingerprint density at radius 3 is 2.73 bits per heavy atom. The van der Waals surface area contributed by atoms with Crippen molar-refractivity contribution in [1.29, 1.82) is 0 Å². The highest BCUT2D eigenvalue weighted by molar-refractivity contribution is 5.70. The summed E-state index contributed by atoms with van der Waals surface area (Å²) in [7, 11) is 0. The molecule has 0 aliphatic carbocycles. The molecule has 1 saturated heterocycles. The van der Waals surface area contributed by atoms with Crippen LogP contribution in [0.5, 0.6) is 0 Å². The predicted octanol–water partition coefficient (Wildman–Crippen LogP) is 1.83. The molecule has 0 saturated carbocycles. The molecule has 0 spiro atoms. The molecule has 0 aromatic rings. The van der Waals surface area contributed by atoms with Gasteiger partial charge in [-0.25, -0.2) is 4.79 Å². The standard InChI is InChI=1S/C11H19NO3/c1-8(2)10-7-15-11(14)12(10)9(3)5-4-6-13/h6,8-10H,4-5,7H2,1-3H3/t9?,10-/m1/s1. The van der Waals surface area contributed by atoms with Crippen molar-refractivity contribution >= 4 is 12.4 Å². The summed E-state index contributed by atoms with van der Waals surface area (Å²) in [6.07, 6.45) is 1.85. The van der Waals surface area contributed by atoms with Crippen molar-refractivity contribution in [2.24, 2.45) is 5.92 Å². The number of hydrogen-bond donors (Lipinski definition) is 0. The SMILES string of the molecule is CC(C)[C@H]1COC(=O)N1C(C)CCC=O. The summed E-state index contributed by atoms with van der Waals surface area (Å²) in [5.74, 6) is 0.384. The molecule has 1 heterocycles. The highest BCUT2D eigenvalue weighted by Crippen LogP contribution is 2.23. The maximum absolute atomic E-state index is 11.5. The number of aldehydes is 1. The minimum atomic E-state index is -0.243. The Bertz CT molecular complexity index is 240. The molecule has 15 heavy (non-hydrogen) atoms. The van der Waals surface area contributed by atoms with Gasteiger partial charge >= 0.3 is 6.09 Å². The molecular formula is C11H19NO3. The van der Waals surface area contributed by atoms with Gasteiger partial charge in [-0.1, -0.05) is 13.8 Å². The van der Waals surface area contributed by atoms with Gasteiger partial charge in [-0.15, -0.1) is 0 Å². The van der Waals surface area contributed by atoms with E-state index in [0.717, 1.165) is 6.29 Å². The average Bonchev–Trinajstić information content (AvgIpc) is 2.56. The first-order valence-corrected chi connectivity index (χ1v) is 5.46. The highest BCUT2D eigenvalue weighted by atomic mass is 16.6. The van der Waals surface area contributed by atoms with Gasteiger partial charge < -0.3 is 9.53 Å². The van der Waals surface area contributed by atoms with Gasteiger partial charge in [0.15, 0.2) is 0 Å². The van der Waals surface area contributed by atoms with Crippen molar-refractivity contribution < 1.29 is 14.3 Å². The zero-order valence-electron chi connectivity index (χ0n) is 9.60. The molecule has 0 aromatic carbocycles. The predicted molar refractivity (Wildman–Crippen MR) is 56.6 cm³/mol. The van der Waals surface area contributed by atoms with Crippen LogP contribution in [0.25, 0.3) is 0 Å². The van der Waals surface area contributed by atoms with E-state index in [2.05, 4.69) is 13.8 Å². The largest absolute Gasteiger partial charge is 0.447 e. The number of hydrogen-bond acceptors (Lipinski definition) is 3. The summed E-state index contributed by atoms with van der Waals surface area (Å²) in [4.78, 5) is 23.6. The van der Waals surface area contributed by atoms with E-state index in [-0.39, 0.29) is 18.2 Å². The molecule has 0 aromatic heterocycles. The van der Waals surface area contributed by atoms with Crippen LogP contribution in [0.15, 0.2) is 0 Å². The van der Waals surface area contributed by atoms with Crippen LogP contribution in [-0.4, -0.2) is 36.0 Å². The first-order chi connectivity index (χ1) is 7.07. The van der Waals surface area contributed by atoms with E-state index in [1.54, 1.807) is 4.90 Å². The van der Waals surface area contributed by atoms with Crippen LogP contribution in [0.1, 0.15) is 33.6 Å². The summed E-state index contributed by atoms with van der Waals surface area (Å²) in [5, 5.41) is 0. The number of carbonyl (C=O) groups excluding carboxylic acids is 2. The molecule has 1 fully saturated rings. The van der Waals surface area contributed by atoms with Crippen LogP contribution in [0.4, 0.5) is 4.79 Å². The molecule has 0 bridgehead atoms. The van der Waals surface area contributed by atoms with Crippen molar-refractivity contribution in [2.75, 3.05) is 6.61 Å². The van der Waals surface area contributed by atoms with Crippen LogP contribution in [0, 0.1) is 5.92 Å². The molecule has 1 unspecified atom stereocenters. The Labute approximate surface area is 90.6 Å². The fraction of sp³-hybridized carbons (Fsp3) is 0.818. The summed E-state index contributed by atoms with van der Waals surface area (Å²) in [5.41, 5.74) is 0. The minimum absolute atomic E-state index is 0.0811. The molecule has 4 nitrogen and oxygen atoms in total. The van der Waals surface area contributed by atoms with Crippen LogP contribution < -0.4 is 0 Å². The third-order valence-corrected chi connectivity index (χ3v) is 2.89. The third kappa shape index (κ3) is 2.70. The van der Waals surface area contributed by atoms with Crippen molar-refractivity contribution in [3.05, 3.63) is 0 Å². The van der Waals surface area contributed by atoms with Gasteiger partial charge in [0.05, 0.1) is 6.04 Å². The first kappa shape index (κ1) is 12.0. The lowest BCUT2D eigenvalue weighted by Gasteiger charge is -2.29. The number of carbonyl (C=O) groups is 2. The number of amides is 1. The summed E-state index contributed by atoms with van der Waals surface area (Å²) in [6, 6.07) is 0.233. The van der Waals surface area contributed by atoms with Gasteiger partial charge in [-0.3, -0.25) is 4.90 Å². The second kappa shape index (κ2) is 5.14. The molecule has 2 atom stereocenters. The number of nitrogens with zero attached hydrogens (tertiary/aromatic N) is 1. The number of cyclic esters (lactones) is 1. The molecule has 0 N–H and O–H groups in total.